The molecule has 0 bridgehead atoms. The Balaban J connectivity index is 3.78. The summed E-state index contributed by atoms with van der Waals surface area (Å²) < 4.78 is 0. The van der Waals surface area contributed by atoms with Crippen LogP contribution >= 0.6 is 0 Å². The van der Waals surface area contributed by atoms with Crippen LogP contribution in [-0.4, -0.2) is 169 Å². The summed E-state index contributed by atoms with van der Waals surface area (Å²) in [7, 11) is 0. The molecule has 1 rings (SSSR count). The number of carbonyl (C=O) groups excluding carboxylic acids is 10. The standard InChI is InChI=1S/C50H94N14O12/c1-8-9-10-11-12-13-14-15-39(67)63-41(31(7)66)50(76)60-34(18-23-53)43(69)59-36-20-25-55-49(75)40(30(6)65)64-46(72)35(19-24-54)57-42(68)32(16-21-51)58-47(73)37(26-28(2)3)62-48(74)38(27-29(4)5)61-44(70)33(17-22-52)56-45(36)71/h28-38,40-41,65-66H,8-27,51-54H2,1-7H3,(H,55,75)(H,56,71)(H,57,68)(H,58,73)(H,59,69)(H,60,76)(H,61,70)(H,62,74)(H,63,67)(H,64,72)/t30-,31-,32+,33+,34+,35+,36+,37+,38-,40+,41+/m1/s1. The van der Waals surface area contributed by atoms with E-state index in [2.05, 4.69) is 60.1 Å². The predicted octanol–water partition coefficient (Wildman–Crippen LogP) is -3.74. The average molecular weight is 1080 g/mol. The molecular weight excluding hydrogens is 989 g/mol. The number of aliphatic hydroxyl groups is 2. The van der Waals surface area contributed by atoms with Crippen molar-refractivity contribution in [3.63, 3.8) is 0 Å². The lowest BCUT2D eigenvalue weighted by molar-refractivity contribution is -0.136. The third-order valence-electron chi connectivity index (χ3n) is 12.6. The van der Waals surface area contributed by atoms with Crippen molar-refractivity contribution in [2.75, 3.05) is 32.7 Å². The van der Waals surface area contributed by atoms with E-state index in [0.717, 1.165) is 38.5 Å². The minimum absolute atomic E-state index is 0.0680. The van der Waals surface area contributed by atoms with Crippen molar-refractivity contribution in [1.29, 1.82) is 0 Å². The summed E-state index contributed by atoms with van der Waals surface area (Å²) in [5.74, 6) is -8.79. The number of unbranched alkanes of at least 4 members (excludes halogenated alkanes) is 6. The molecule has 0 aromatic carbocycles. The fourth-order valence-electron chi connectivity index (χ4n) is 8.31. The van der Waals surface area contributed by atoms with Crippen LogP contribution in [0.3, 0.4) is 0 Å². The van der Waals surface area contributed by atoms with E-state index in [9.17, 15) is 58.2 Å². The van der Waals surface area contributed by atoms with Gasteiger partial charge in [0.05, 0.1) is 12.2 Å². The van der Waals surface area contributed by atoms with Crippen LogP contribution in [0.2, 0.25) is 0 Å². The number of hydrogen-bond acceptors (Lipinski definition) is 16. The Morgan fingerprint density at radius 2 is 0.987 bits per heavy atom. The number of rotatable bonds is 27. The second-order valence-electron chi connectivity index (χ2n) is 20.5. The number of nitrogens with two attached hydrogens (primary N) is 4. The van der Waals surface area contributed by atoms with Crippen molar-refractivity contribution in [2.45, 2.75) is 211 Å². The van der Waals surface area contributed by atoms with E-state index in [0.29, 0.717) is 6.42 Å². The lowest BCUT2D eigenvalue weighted by atomic mass is 9.99. The molecule has 0 aliphatic carbocycles. The van der Waals surface area contributed by atoms with Crippen LogP contribution in [0.5, 0.6) is 0 Å². The molecule has 76 heavy (non-hydrogen) atoms. The molecule has 20 N–H and O–H groups in total. The maximum absolute atomic E-state index is 14.3. The molecule has 10 amide bonds. The van der Waals surface area contributed by atoms with Crippen LogP contribution in [0.4, 0.5) is 0 Å². The van der Waals surface area contributed by atoms with Gasteiger partial charge in [0.1, 0.15) is 54.4 Å². The third kappa shape index (κ3) is 26.0. The summed E-state index contributed by atoms with van der Waals surface area (Å²) in [6.45, 7) is 10.9. The average Bonchev–Trinajstić information content (AvgIpc) is 3.34. The summed E-state index contributed by atoms with van der Waals surface area (Å²) in [6, 6.07) is -12.8. The van der Waals surface area contributed by atoms with Gasteiger partial charge in [0.15, 0.2) is 0 Å². The van der Waals surface area contributed by atoms with Crippen LogP contribution in [0.1, 0.15) is 145 Å². The SMILES string of the molecule is CCCCCCCCCC(=O)N[C@H](C(=O)N[C@@H](CCN)C(=O)N[C@H]1CCNC(=O)[C@H]([C@@H](C)O)NC(=O)[C@H](CCN)NC(=O)[C@H](CCN)NC(=O)[C@H](CC(C)C)NC(=O)[C@@H](CC(C)C)NC(=O)[C@H](CCN)NC1=O)[C@@H](C)O. The Kier molecular flexibility index (Phi) is 33.6. The lowest BCUT2D eigenvalue weighted by Gasteiger charge is -2.29. The molecule has 436 valence electrons. The van der Waals surface area contributed by atoms with Crippen LogP contribution < -0.4 is 76.1 Å². The van der Waals surface area contributed by atoms with Crippen molar-refractivity contribution in [3.8, 4) is 0 Å². The van der Waals surface area contributed by atoms with Crippen LogP contribution in [0, 0.1) is 11.8 Å². The zero-order valence-corrected chi connectivity index (χ0v) is 45.9. The van der Waals surface area contributed by atoms with Gasteiger partial charge in [-0.3, -0.25) is 47.9 Å². The first-order chi connectivity index (χ1) is 35.9. The Labute approximate surface area is 448 Å². The fraction of sp³-hybridized carbons (Fsp3) is 0.800. The topological polar surface area (TPSA) is 436 Å². The second kappa shape index (κ2) is 37.3. The van der Waals surface area contributed by atoms with Crippen molar-refractivity contribution < 1.29 is 58.2 Å². The normalized spacial score (nSPS) is 23.6. The lowest BCUT2D eigenvalue weighted by Crippen LogP contribution is -2.61. The number of hydrogen-bond donors (Lipinski definition) is 16. The molecule has 26 heteroatoms. The van der Waals surface area contributed by atoms with E-state index in [1.807, 2.05) is 0 Å². The second-order valence-corrected chi connectivity index (χ2v) is 20.5. The van der Waals surface area contributed by atoms with Gasteiger partial charge in [-0.15, -0.1) is 0 Å². The van der Waals surface area contributed by atoms with Crippen molar-refractivity contribution >= 4 is 59.1 Å². The van der Waals surface area contributed by atoms with Gasteiger partial charge in [0, 0.05) is 13.0 Å². The fourth-order valence-corrected chi connectivity index (χ4v) is 8.31. The first-order valence-electron chi connectivity index (χ1n) is 27.1. The van der Waals surface area contributed by atoms with Crippen LogP contribution in [-0.2, 0) is 47.9 Å². The van der Waals surface area contributed by atoms with Gasteiger partial charge in [-0.05, 0) is 103 Å². The molecule has 1 saturated heterocycles. The summed E-state index contributed by atoms with van der Waals surface area (Å²) >= 11 is 0. The largest absolute Gasteiger partial charge is 0.391 e. The van der Waals surface area contributed by atoms with E-state index in [4.69, 9.17) is 22.9 Å². The number of amides is 10. The van der Waals surface area contributed by atoms with Crippen molar-refractivity contribution in [2.24, 2.45) is 34.8 Å². The Morgan fingerprint density at radius 1 is 0.553 bits per heavy atom. The maximum Gasteiger partial charge on any atom is 0.245 e. The molecule has 0 aromatic heterocycles. The highest BCUT2D eigenvalue weighted by molar-refractivity contribution is 5.98. The van der Waals surface area contributed by atoms with Gasteiger partial charge >= 0.3 is 0 Å². The number of aliphatic hydroxyl groups excluding tert-OH is 2. The minimum atomic E-state index is -1.65. The highest BCUT2D eigenvalue weighted by atomic mass is 16.3. The van der Waals surface area contributed by atoms with Crippen LogP contribution in [0.25, 0.3) is 0 Å². The van der Waals surface area contributed by atoms with E-state index < -0.39 is 139 Å². The quantitative estimate of drug-likeness (QED) is 0.0352. The molecule has 1 fully saturated rings. The third-order valence-corrected chi connectivity index (χ3v) is 12.6. The molecular formula is C50H94N14O12. The first kappa shape index (κ1) is 68.5. The maximum atomic E-state index is 14.3. The Hall–Kier alpha value is -5.54. The van der Waals surface area contributed by atoms with Gasteiger partial charge in [0.2, 0.25) is 59.1 Å². The molecule has 0 aromatic rings. The molecule has 1 aliphatic heterocycles. The molecule has 11 atom stereocenters. The highest BCUT2D eigenvalue weighted by Crippen LogP contribution is 2.13. The van der Waals surface area contributed by atoms with E-state index in [-0.39, 0.29) is 83.0 Å². The highest BCUT2D eigenvalue weighted by Gasteiger charge is 2.37. The molecule has 26 nitrogen and oxygen atoms in total. The monoisotopic (exact) mass is 1080 g/mol. The smallest absolute Gasteiger partial charge is 0.245 e. The first-order valence-corrected chi connectivity index (χ1v) is 27.1. The molecule has 0 radical (unpaired) electrons. The molecule has 0 unspecified atom stereocenters. The summed E-state index contributed by atoms with van der Waals surface area (Å²) in [4.78, 5) is 138. The van der Waals surface area contributed by atoms with E-state index >= 15 is 0 Å². The predicted molar refractivity (Wildman–Crippen MR) is 285 cm³/mol. The van der Waals surface area contributed by atoms with Gasteiger partial charge in [-0.25, -0.2) is 0 Å². The van der Waals surface area contributed by atoms with Gasteiger partial charge < -0.3 is 86.3 Å². The minimum Gasteiger partial charge on any atom is -0.391 e. The van der Waals surface area contributed by atoms with Crippen molar-refractivity contribution in [3.05, 3.63) is 0 Å². The summed E-state index contributed by atoms with van der Waals surface area (Å²) in [5.41, 5.74) is 23.4. The molecule has 0 saturated carbocycles. The van der Waals surface area contributed by atoms with Crippen LogP contribution in [0.15, 0.2) is 0 Å². The van der Waals surface area contributed by atoms with Gasteiger partial charge in [-0.2, -0.15) is 0 Å². The number of nitrogens with one attached hydrogen (secondary N) is 10. The van der Waals surface area contributed by atoms with E-state index in [1.54, 1.807) is 27.7 Å². The zero-order valence-electron chi connectivity index (χ0n) is 45.9. The molecule has 1 heterocycles. The van der Waals surface area contributed by atoms with Crippen molar-refractivity contribution in [1.82, 2.24) is 53.2 Å². The molecule has 0 spiro atoms. The summed E-state index contributed by atoms with van der Waals surface area (Å²) in [6.07, 6.45) is 3.02. The Morgan fingerprint density at radius 3 is 1.42 bits per heavy atom. The zero-order chi connectivity index (χ0) is 57.5. The number of carbonyl (C=O) groups is 10. The molecule has 1 aliphatic rings. The summed E-state index contributed by atoms with van der Waals surface area (Å²) in [5, 5.41) is 46.9. The Bertz CT molecular complexity index is 1860. The van der Waals surface area contributed by atoms with Gasteiger partial charge in [-0.1, -0.05) is 73.1 Å². The van der Waals surface area contributed by atoms with E-state index in [1.165, 1.54) is 13.8 Å². The van der Waals surface area contributed by atoms with Gasteiger partial charge in [0.25, 0.3) is 0 Å².